The molecule has 0 saturated carbocycles. The molecule has 5 rings (SSSR count). The number of pyridine rings is 1. The van der Waals surface area contributed by atoms with Crippen molar-refractivity contribution in [1.29, 1.82) is 0 Å². The van der Waals surface area contributed by atoms with Crippen LogP contribution in [-0.2, 0) is 35.7 Å². The maximum absolute atomic E-state index is 13.5. The van der Waals surface area contributed by atoms with E-state index in [0.29, 0.717) is 17.0 Å². The number of thioether (sulfide) groups is 1. The maximum Gasteiger partial charge on any atom is 0.352 e. The second kappa shape index (κ2) is 13.6. The summed E-state index contributed by atoms with van der Waals surface area (Å²) >= 11 is 3.53. The second-order valence-electron chi connectivity index (χ2n) is 9.86. The molecule has 1 fully saturated rings. The third-order valence-electron chi connectivity index (χ3n) is 6.82. The fourth-order valence-corrected chi connectivity index (χ4v) is 8.24. The van der Waals surface area contributed by atoms with E-state index < -0.39 is 63.0 Å². The molecule has 5 heterocycles. The molecule has 0 spiro atoms. The summed E-state index contributed by atoms with van der Waals surface area (Å²) in [4.78, 5) is 60.3. The molecule has 4 atom stereocenters. The molecule has 0 unspecified atom stereocenters. The Labute approximate surface area is 269 Å². The highest BCUT2D eigenvalue weighted by Crippen LogP contribution is 2.40. The van der Waals surface area contributed by atoms with Gasteiger partial charge in [0.05, 0.1) is 22.7 Å². The van der Waals surface area contributed by atoms with E-state index in [-0.39, 0.29) is 29.6 Å². The van der Waals surface area contributed by atoms with Gasteiger partial charge in [-0.3, -0.25) is 19.3 Å². The van der Waals surface area contributed by atoms with Crippen LogP contribution in [0, 0.1) is 0 Å². The van der Waals surface area contributed by atoms with Crippen LogP contribution in [0.5, 0.6) is 0 Å². The summed E-state index contributed by atoms with van der Waals surface area (Å²) in [6, 6.07) is 1.67. The highest BCUT2D eigenvalue weighted by molar-refractivity contribution is 8.00. The van der Waals surface area contributed by atoms with Crippen molar-refractivity contribution in [2.45, 2.75) is 30.0 Å². The molecule has 8 N–H and O–H groups in total. The number of fused-ring (bicyclic) bond motifs is 1. The van der Waals surface area contributed by atoms with Gasteiger partial charge < -0.3 is 27.2 Å². The van der Waals surface area contributed by atoms with Crippen molar-refractivity contribution in [3.05, 3.63) is 69.5 Å². The summed E-state index contributed by atoms with van der Waals surface area (Å²) in [6.07, 6.45) is 3.56. The van der Waals surface area contributed by atoms with Crippen molar-refractivity contribution in [2.75, 3.05) is 23.8 Å². The first-order valence-corrected chi connectivity index (χ1v) is 17.7. The SMILES string of the molecule is Nc1nc([C@@H](NS(=O)(=O)CCNC(=O)[C@@H](N)c2cscn2)C(=O)N[C@@H]2C(=O)N3C(C(=O)O)=C(C[n+]4ccccc4)CS[C@H]23)cs1. The number of hydrogen-bond donors (Lipinski definition) is 6. The normalized spacial score (nSPS) is 19.3. The fraction of sp³-hybridized carbons (Fsp3) is 0.320. The number of sulfonamides is 1. The third kappa shape index (κ3) is 7.31. The van der Waals surface area contributed by atoms with Gasteiger partial charge in [-0.2, -0.15) is 4.72 Å². The summed E-state index contributed by atoms with van der Waals surface area (Å²) in [5.74, 6) is -3.74. The first-order chi connectivity index (χ1) is 21.4. The van der Waals surface area contributed by atoms with Gasteiger partial charge in [0.25, 0.3) is 5.91 Å². The first kappa shape index (κ1) is 32.4. The van der Waals surface area contributed by atoms with Crippen molar-refractivity contribution in [1.82, 2.24) is 30.2 Å². The molecule has 2 aliphatic rings. The summed E-state index contributed by atoms with van der Waals surface area (Å²) in [5.41, 5.74) is 13.8. The smallest absolute Gasteiger partial charge is 0.352 e. The van der Waals surface area contributed by atoms with Crippen LogP contribution < -0.4 is 31.4 Å². The number of β-lactam (4-membered cyclic amide) rings is 1. The van der Waals surface area contributed by atoms with Gasteiger partial charge in [0.2, 0.25) is 21.8 Å². The topological polar surface area (TPSA) is 244 Å². The van der Waals surface area contributed by atoms with Gasteiger partial charge >= 0.3 is 5.97 Å². The standard InChI is InChI=1S/C25H27N9O7S4/c26-16(14-10-42-12-29-14)20(35)28-4-7-45(40,41)32-17(15-11-44-25(27)30-15)21(36)31-18-22(37)34-19(24(38)39)13(9-43-23(18)34)8-33-5-2-1-3-6-33/h1-3,5-6,10-12,16-18,23,32H,4,7-9,26H2,(H4-,27,28,30,31,35,36,38,39)/p+1/t16-,17+,18+,23+/m0/s1. The number of hydrogen-bond acceptors (Lipinski definition) is 13. The Morgan fingerprint density at radius 2 is 1.91 bits per heavy atom. The van der Waals surface area contributed by atoms with E-state index in [1.54, 1.807) is 34.5 Å². The quantitative estimate of drug-likeness (QED) is 0.0902. The number of nitrogens with one attached hydrogen (secondary N) is 3. The molecular weight excluding hydrogens is 667 g/mol. The number of nitrogens with two attached hydrogens (primary N) is 2. The van der Waals surface area contributed by atoms with Gasteiger partial charge in [0.15, 0.2) is 24.1 Å². The largest absolute Gasteiger partial charge is 0.477 e. The van der Waals surface area contributed by atoms with Gasteiger partial charge in [-0.25, -0.2) is 27.7 Å². The number of nitrogens with zero attached hydrogens (tertiary/aromatic N) is 4. The average Bonchev–Trinajstić information content (AvgIpc) is 3.70. The van der Waals surface area contributed by atoms with Crippen LogP contribution in [-0.4, -0.2) is 81.5 Å². The number of anilines is 1. The molecule has 0 bridgehead atoms. The number of carboxylic acids is 1. The number of rotatable bonds is 13. The molecule has 16 nitrogen and oxygen atoms in total. The van der Waals surface area contributed by atoms with Crippen LogP contribution in [0.15, 0.2) is 58.1 Å². The van der Waals surface area contributed by atoms with E-state index in [1.165, 1.54) is 34.0 Å². The maximum atomic E-state index is 13.5. The van der Waals surface area contributed by atoms with Crippen LogP contribution in [0.25, 0.3) is 0 Å². The third-order valence-corrected chi connectivity index (χ3v) is 10.8. The lowest BCUT2D eigenvalue weighted by atomic mass is 10.0. The lowest BCUT2D eigenvalue weighted by Gasteiger charge is -2.49. The van der Waals surface area contributed by atoms with Gasteiger partial charge in [0, 0.05) is 40.8 Å². The summed E-state index contributed by atoms with van der Waals surface area (Å²) < 4.78 is 30.0. The van der Waals surface area contributed by atoms with Crippen LogP contribution in [0.1, 0.15) is 23.5 Å². The van der Waals surface area contributed by atoms with Crippen molar-refractivity contribution in [2.24, 2.45) is 5.73 Å². The van der Waals surface area contributed by atoms with E-state index in [0.717, 1.165) is 16.2 Å². The van der Waals surface area contributed by atoms with E-state index >= 15 is 0 Å². The van der Waals surface area contributed by atoms with Gasteiger partial charge in [-0.1, -0.05) is 6.07 Å². The summed E-state index contributed by atoms with van der Waals surface area (Å²) in [7, 11) is -4.20. The summed E-state index contributed by atoms with van der Waals surface area (Å²) in [5, 5.41) is 17.3. The van der Waals surface area contributed by atoms with E-state index in [4.69, 9.17) is 11.5 Å². The monoisotopic (exact) mass is 694 g/mol. The molecule has 0 aromatic carbocycles. The van der Waals surface area contributed by atoms with Gasteiger partial charge in [-0.15, -0.1) is 34.4 Å². The molecule has 1 saturated heterocycles. The van der Waals surface area contributed by atoms with E-state index in [9.17, 15) is 32.7 Å². The van der Waals surface area contributed by atoms with Crippen LogP contribution in [0.2, 0.25) is 0 Å². The van der Waals surface area contributed by atoms with E-state index in [1.807, 2.05) is 6.07 Å². The fourth-order valence-electron chi connectivity index (χ4n) is 4.65. The minimum Gasteiger partial charge on any atom is -0.477 e. The molecule has 3 aromatic heterocycles. The van der Waals surface area contributed by atoms with Crippen molar-refractivity contribution in [3.63, 3.8) is 0 Å². The minimum atomic E-state index is -4.20. The lowest BCUT2D eigenvalue weighted by Crippen LogP contribution is -2.71. The van der Waals surface area contributed by atoms with E-state index in [2.05, 4.69) is 25.3 Å². The number of amides is 3. The Morgan fingerprint density at radius 3 is 2.56 bits per heavy atom. The number of aliphatic carboxylic acids is 1. The zero-order valence-corrected chi connectivity index (χ0v) is 26.5. The highest BCUT2D eigenvalue weighted by atomic mass is 32.2. The number of carbonyl (C=O) groups excluding carboxylic acids is 3. The number of carbonyl (C=O) groups is 4. The first-order valence-electron chi connectivity index (χ1n) is 13.2. The molecule has 20 heteroatoms. The van der Waals surface area contributed by atoms with Crippen molar-refractivity contribution < 1.29 is 37.3 Å². The molecule has 45 heavy (non-hydrogen) atoms. The average molecular weight is 695 g/mol. The molecule has 238 valence electrons. The number of nitrogen functional groups attached to an aromatic ring is 1. The Hall–Kier alpha value is -3.95. The second-order valence-corrected chi connectivity index (χ2v) is 14.5. The minimum absolute atomic E-state index is 0.00128. The zero-order chi connectivity index (χ0) is 32.3. The molecule has 0 aliphatic carbocycles. The van der Waals surface area contributed by atoms with Crippen molar-refractivity contribution in [3.8, 4) is 0 Å². The highest BCUT2D eigenvalue weighted by Gasteiger charge is 2.55. The summed E-state index contributed by atoms with van der Waals surface area (Å²) in [6.45, 7) is -0.0579. The zero-order valence-electron chi connectivity index (χ0n) is 23.2. The molecule has 0 radical (unpaired) electrons. The van der Waals surface area contributed by atoms with Gasteiger partial charge in [0.1, 0.15) is 29.2 Å². The van der Waals surface area contributed by atoms with Gasteiger partial charge in [-0.05, 0) is 0 Å². The Morgan fingerprint density at radius 1 is 1.16 bits per heavy atom. The Kier molecular flexibility index (Phi) is 9.79. The molecule has 3 aromatic rings. The Balaban J connectivity index is 1.25. The molecular formula is C25H28N9O7S4+. The lowest BCUT2D eigenvalue weighted by molar-refractivity contribution is -0.689. The number of carboxylic acid groups (broad SMARTS) is 1. The van der Waals surface area contributed by atoms with Crippen LogP contribution >= 0.6 is 34.4 Å². The van der Waals surface area contributed by atoms with Crippen molar-refractivity contribution >= 4 is 73.3 Å². The number of thiazole rings is 2. The van der Waals surface area contributed by atoms with Crippen LogP contribution in [0.4, 0.5) is 5.13 Å². The molecule has 2 aliphatic heterocycles. The predicted octanol–water partition coefficient (Wildman–Crippen LogP) is -1.32. The van der Waals surface area contributed by atoms with Crippen LogP contribution in [0.3, 0.4) is 0 Å². The predicted molar refractivity (Wildman–Crippen MR) is 165 cm³/mol. The Bertz CT molecular complexity index is 1730. The number of aromatic nitrogens is 3. The molecule has 3 amide bonds.